The third-order valence-electron chi connectivity index (χ3n) is 3.51. The summed E-state index contributed by atoms with van der Waals surface area (Å²) in [5.74, 6) is -0.293. The molecule has 0 saturated carbocycles. The van der Waals surface area contributed by atoms with Crippen molar-refractivity contribution in [2.75, 3.05) is 11.4 Å². The van der Waals surface area contributed by atoms with Crippen LogP contribution in [-0.4, -0.2) is 12.5 Å². The Labute approximate surface area is 133 Å². The largest absolute Gasteiger partial charge is 0.416 e. The third-order valence-corrected chi connectivity index (χ3v) is 3.51. The van der Waals surface area contributed by atoms with Crippen molar-refractivity contribution >= 4 is 11.6 Å². The molecule has 0 aliphatic rings. The fourth-order valence-corrected chi connectivity index (χ4v) is 2.23. The molecule has 0 atom stereocenters. The summed E-state index contributed by atoms with van der Waals surface area (Å²) >= 11 is 0. The highest BCUT2D eigenvalue weighted by molar-refractivity contribution is 6.06. The topological polar surface area (TPSA) is 20.3 Å². The van der Waals surface area contributed by atoms with Crippen molar-refractivity contribution < 1.29 is 18.0 Å². The van der Waals surface area contributed by atoms with E-state index < -0.39 is 11.7 Å². The van der Waals surface area contributed by atoms with Crippen LogP contribution in [0.2, 0.25) is 0 Å². The van der Waals surface area contributed by atoms with Gasteiger partial charge in [0, 0.05) is 17.8 Å². The molecule has 0 aromatic heterocycles. The number of anilines is 1. The fraction of sp³-hybridized carbons (Fsp3) is 0.278. The molecule has 0 unspecified atom stereocenters. The van der Waals surface area contributed by atoms with Crippen molar-refractivity contribution in [2.24, 2.45) is 0 Å². The number of alkyl halides is 3. The lowest BCUT2D eigenvalue weighted by atomic mass is 10.1. The zero-order chi connectivity index (χ0) is 16.9. The van der Waals surface area contributed by atoms with E-state index in [0.29, 0.717) is 6.54 Å². The maximum atomic E-state index is 12.7. The van der Waals surface area contributed by atoms with Crippen molar-refractivity contribution in [2.45, 2.75) is 25.9 Å². The Bertz CT molecular complexity index is 636. The fourth-order valence-electron chi connectivity index (χ4n) is 2.23. The zero-order valence-corrected chi connectivity index (χ0v) is 12.8. The SMILES string of the molecule is CCCCN(C(=O)c1ccc(C(F)(F)F)cc1)c1ccccc1. The number of unbranched alkanes of at least 4 members (excludes halogenated alkanes) is 1. The van der Waals surface area contributed by atoms with Gasteiger partial charge in [-0.3, -0.25) is 4.79 Å². The quantitative estimate of drug-likeness (QED) is 0.745. The van der Waals surface area contributed by atoms with Crippen LogP contribution in [0.4, 0.5) is 18.9 Å². The Hall–Kier alpha value is -2.30. The summed E-state index contributed by atoms with van der Waals surface area (Å²) < 4.78 is 37.8. The number of hydrogen-bond acceptors (Lipinski definition) is 1. The average Bonchev–Trinajstić information content (AvgIpc) is 2.55. The molecule has 122 valence electrons. The average molecular weight is 321 g/mol. The maximum Gasteiger partial charge on any atom is 0.416 e. The molecular weight excluding hydrogens is 303 g/mol. The van der Waals surface area contributed by atoms with Crippen molar-refractivity contribution in [1.29, 1.82) is 0 Å². The molecular formula is C18H18F3NO. The highest BCUT2D eigenvalue weighted by Gasteiger charge is 2.30. The van der Waals surface area contributed by atoms with E-state index in [4.69, 9.17) is 0 Å². The van der Waals surface area contributed by atoms with Gasteiger partial charge in [0.15, 0.2) is 0 Å². The Balaban J connectivity index is 2.26. The Morgan fingerprint density at radius 1 is 1.00 bits per heavy atom. The molecule has 0 aliphatic carbocycles. The summed E-state index contributed by atoms with van der Waals surface area (Å²) in [5, 5.41) is 0. The van der Waals surface area contributed by atoms with E-state index in [1.807, 2.05) is 37.3 Å². The van der Waals surface area contributed by atoms with Crippen molar-refractivity contribution in [3.05, 3.63) is 65.7 Å². The molecule has 23 heavy (non-hydrogen) atoms. The minimum absolute atomic E-state index is 0.248. The predicted molar refractivity (Wildman–Crippen MR) is 84.5 cm³/mol. The van der Waals surface area contributed by atoms with E-state index in [0.717, 1.165) is 30.7 Å². The number of hydrogen-bond donors (Lipinski definition) is 0. The summed E-state index contributed by atoms with van der Waals surface area (Å²) in [6.07, 6.45) is -2.66. The minimum Gasteiger partial charge on any atom is -0.308 e. The molecule has 0 bridgehead atoms. The first-order valence-corrected chi connectivity index (χ1v) is 7.47. The molecule has 2 aromatic carbocycles. The van der Waals surface area contributed by atoms with E-state index in [-0.39, 0.29) is 11.5 Å². The van der Waals surface area contributed by atoms with E-state index in [2.05, 4.69) is 0 Å². The van der Waals surface area contributed by atoms with Crippen LogP contribution in [0.25, 0.3) is 0 Å². The van der Waals surface area contributed by atoms with Gasteiger partial charge in [0.05, 0.1) is 5.56 Å². The Kier molecular flexibility index (Phi) is 5.42. The molecule has 0 spiro atoms. The number of halogens is 3. The van der Waals surface area contributed by atoms with Gasteiger partial charge in [-0.1, -0.05) is 31.5 Å². The first-order valence-electron chi connectivity index (χ1n) is 7.47. The molecule has 0 N–H and O–H groups in total. The lowest BCUT2D eigenvalue weighted by molar-refractivity contribution is -0.137. The lowest BCUT2D eigenvalue weighted by Crippen LogP contribution is -2.31. The van der Waals surface area contributed by atoms with E-state index in [9.17, 15) is 18.0 Å². The van der Waals surface area contributed by atoms with Crippen LogP contribution < -0.4 is 4.90 Å². The number of rotatable bonds is 5. The van der Waals surface area contributed by atoms with Gasteiger partial charge in [0.1, 0.15) is 0 Å². The minimum atomic E-state index is -4.40. The predicted octanol–water partition coefficient (Wildman–Crippen LogP) is 5.15. The first-order chi connectivity index (χ1) is 10.9. The summed E-state index contributed by atoms with van der Waals surface area (Å²) in [7, 11) is 0. The second-order valence-corrected chi connectivity index (χ2v) is 5.22. The highest BCUT2D eigenvalue weighted by atomic mass is 19.4. The molecule has 0 radical (unpaired) electrons. The van der Waals surface area contributed by atoms with Crippen LogP contribution in [0.15, 0.2) is 54.6 Å². The smallest absolute Gasteiger partial charge is 0.308 e. The van der Waals surface area contributed by atoms with Crippen molar-refractivity contribution in [3.63, 3.8) is 0 Å². The van der Waals surface area contributed by atoms with E-state index >= 15 is 0 Å². The number of carbonyl (C=O) groups is 1. The van der Waals surface area contributed by atoms with Crippen LogP contribution in [-0.2, 0) is 6.18 Å². The third kappa shape index (κ3) is 4.34. The van der Waals surface area contributed by atoms with Crippen LogP contribution in [0, 0.1) is 0 Å². The monoisotopic (exact) mass is 321 g/mol. The van der Waals surface area contributed by atoms with Crippen LogP contribution in [0.5, 0.6) is 0 Å². The second kappa shape index (κ2) is 7.31. The zero-order valence-electron chi connectivity index (χ0n) is 12.8. The van der Waals surface area contributed by atoms with Gasteiger partial charge in [0.2, 0.25) is 0 Å². The number of carbonyl (C=O) groups excluding carboxylic acids is 1. The maximum absolute atomic E-state index is 12.7. The number of benzene rings is 2. The standard InChI is InChI=1S/C18H18F3NO/c1-2-3-13-22(16-7-5-4-6-8-16)17(23)14-9-11-15(12-10-14)18(19,20)21/h4-12H,2-3,13H2,1H3. The molecule has 0 saturated heterocycles. The molecule has 5 heteroatoms. The normalized spacial score (nSPS) is 11.3. The van der Waals surface area contributed by atoms with Gasteiger partial charge in [-0.15, -0.1) is 0 Å². The number of amides is 1. The van der Waals surface area contributed by atoms with E-state index in [1.165, 1.54) is 12.1 Å². The van der Waals surface area contributed by atoms with Gasteiger partial charge in [0.25, 0.3) is 5.91 Å². The summed E-state index contributed by atoms with van der Waals surface area (Å²) in [6.45, 7) is 2.55. The first kappa shape index (κ1) is 17.1. The van der Waals surface area contributed by atoms with Crippen LogP contribution in [0.3, 0.4) is 0 Å². The van der Waals surface area contributed by atoms with Gasteiger partial charge in [-0.05, 0) is 42.8 Å². The van der Waals surface area contributed by atoms with Gasteiger partial charge in [-0.2, -0.15) is 13.2 Å². The van der Waals surface area contributed by atoms with Crippen LogP contribution in [0.1, 0.15) is 35.7 Å². The van der Waals surface area contributed by atoms with Crippen LogP contribution >= 0.6 is 0 Å². The molecule has 2 nitrogen and oxygen atoms in total. The van der Waals surface area contributed by atoms with E-state index in [1.54, 1.807) is 4.90 Å². The lowest BCUT2D eigenvalue weighted by Gasteiger charge is -2.23. The molecule has 2 rings (SSSR count). The molecule has 1 amide bonds. The van der Waals surface area contributed by atoms with Gasteiger partial charge >= 0.3 is 6.18 Å². The number of para-hydroxylation sites is 1. The molecule has 0 aliphatic heterocycles. The summed E-state index contributed by atoms with van der Waals surface area (Å²) in [5.41, 5.74) is 0.234. The molecule has 0 heterocycles. The number of nitrogens with zero attached hydrogens (tertiary/aromatic N) is 1. The highest BCUT2D eigenvalue weighted by Crippen LogP contribution is 2.29. The molecule has 0 fully saturated rings. The van der Waals surface area contributed by atoms with Crippen molar-refractivity contribution in [3.8, 4) is 0 Å². The summed E-state index contributed by atoms with van der Waals surface area (Å²) in [6, 6.07) is 13.5. The second-order valence-electron chi connectivity index (χ2n) is 5.22. The molecule has 2 aromatic rings. The van der Waals surface area contributed by atoms with Gasteiger partial charge in [-0.25, -0.2) is 0 Å². The Morgan fingerprint density at radius 3 is 2.13 bits per heavy atom. The summed E-state index contributed by atoms with van der Waals surface area (Å²) in [4.78, 5) is 14.3. The van der Waals surface area contributed by atoms with Gasteiger partial charge < -0.3 is 4.90 Å². The Morgan fingerprint density at radius 2 is 1.61 bits per heavy atom. The van der Waals surface area contributed by atoms with Crippen molar-refractivity contribution in [1.82, 2.24) is 0 Å².